The molecule has 1 aromatic carbocycles. The molecule has 2 rings (SSSR count). The summed E-state index contributed by atoms with van der Waals surface area (Å²) in [7, 11) is 3.59. The largest absolute Gasteiger partial charge is 0.496 e. The number of hydrogen-bond donors (Lipinski definition) is 1. The van der Waals surface area contributed by atoms with Crippen LogP contribution in [0.2, 0.25) is 0 Å². The Morgan fingerprint density at radius 1 is 1.40 bits per heavy atom. The number of hydrogen-bond acceptors (Lipinski definition) is 5. The molecule has 0 saturated carbocycles. The van der Waals surface area contributed by atoms with E-state index in [9.17, 15) is 0 Å². The lowest BCUT2D eigenvalue weighted by Crippen LogP contribution is -2.21. The maximum Gasteiger partial charge on any atom is 0.227 e. The van der Waals surface area contributed by atoms with E-state index in [1.54, 1.807) is 7.11 Å². The lowest BCUT2D eigenvalue weighted by molar-refractivity contribution is 0.369. The first-order valence-electron chi connectivity index (χ1n) is 6.79. The summed E-state index contributed by atoms with van der Waals surface area (Å²) in [5.74, 6) is 2.00. The monoisotopic (exact) mass is 275 g/mol. The molecule has 0 spiro atoms. The Labute approximate surface area is 119 Å². The first-order valence-corrected chi connectivity index (χ1v) is 6.79. The van der Waals surface area contributed by atoms with E-state index in [4.69, 9.17) is 9.26 Å². The number of benzene rings is 1. The minimum atomic E-state index is 0.430. The van der Waals surface area contributed by atoms with E-state index >= 15 is 0 Å². The molecule has 0 fully saturated rings. The van der Waals surface area contributed by atoms with E-state index in [1.807, 2.05) is 32.2 Å². The molecule has 1 aromatic heterocycles. The molecule has 0 aliphatic rings. The van der Waals surface area contributed by atoms with Crippen molar-refractivity contribution in [1.82, 2.24) is 15.5 Å². The molecular formula is C15H21N3O2. The molecular weight excluding hydrogens is 254 g/mol. The van der Waals surface area contributed by atoms with Crippen LogP contribution in [-0.2, 0) is 6.42 Å². The molecule has 1 atom stereocenters. The molecule has 2 aromatic rings. The highest BCUT2D eigenvalue weighted by molar-refractivity contribution is 5.64. The summed E-state index contributed by atoms with van der Waals surface area (Å²) >= 11 is 0. The van der Waals surface area contributed by atoms with E-state index in [2.05, 4.69) is 22.4 Å². The summed E-state index contributed by atoms with van der Waals surface area (Å²) in [6.07, 6.45) is 1.73. The Hall–Kier alpha value is -1.88. The highest BCUT2D eigenvalue weighted by Crippen LogP contribution is 2.28. The van der Waals surface area contributed by atoms with Crippen LogP contribution in [0.25, 0.3) is 11.4 Å². The van der Waals surface area contributed by atoms with Crippen molar-refractivity contribution in [3.05, 3.63) is 29.7 Å². The van der Waals surface area contributed by atoms with Crippen LogP contribution in [0.4, 0.5) is 0 Å². The Bertz CT molecular complexity index is 566. The zero-order valence-corrected chi connectivity index (χ0v) is 12.4. The highest BCUT2D eigenvalue weighted by atomic mass is 16.5. The van der Waals surface area contributed by atoms with Gasteiger partial charge in [-0.25, -0.2) is 0 Å². The molecule has 20 heavy (non-hydrogen) atoms. The van der Waals surface area contributed by atoms with Gasteiger partial charge in [0.1, 0.15) is 5.75 Å². The summed E-state index contributed by atoms with van der Waals surface area (Å²) in [6, 6.07) is 6.36. The Balaban J connectivity index is 2.16. The van der Waals surface area contributed by atoms with Crippen molar-refractivity contribution < 1.29 is 9.26 Å². The third-order valence-electron chi connectivity index (χ3n) is 3.35. The summed E-state index contributed by atoms with van der Waals surface area (Å²) in [5.41, 5.74) is 1.99. The van der Waals surface area contributed by atoms with Gasteiger partial charge in [0.25, 0.3) is 0 Å². The van der Waals surface area contributed by atoms with E-state index in [0.29, 0.717) is 17.8 Å². The molecule has 0 radical (unpaired) electrons. The predicted octanol–water partition coefficient (Wildman–Crippen LogP) is 2.59. The number of methoxy groups -OCH3 is 1. The van der Waals surface area contributed by atoms with Crippen molar-refractivity contribution in [2.45, 2.75) is 32.7 Å². The van der Waals surface area contributed by atoms with Crippen molar-refractivity contribution >= 4 is 0 Å². The van der Waals surface area contributed by atoms with Gasteiger partial charge in [-0.2, -0.15) is 4.98 Å². The van der Waals surface area contributed by atoms with Crippen LogP contribution in [0.15, 0.2) is 22.7 Å². The zero-order chi connectivity index (χ0) is 14.5. The molecule has 108 valence electrons. The van der Waals surface area contributed by atoms with E-state index in [1.165, 1.54) is 0 Å². The van der Waals surface area contributed by atoms with Gasteiger partial charge in [-0.15, -0.1) is 0 Å². The number of aromatic nitrogens is 2. The number of aryl methyl sites for hydroxylation is 2. The highest BCUT2D eigenvalue weighted by Gasteiger charge is 2.13. The van der Waals surface area contributed by atoms with Gasteiger partial charge in [-0.1, -0.05) is 11.2 Å². The topological polar surface area (TPSA) is 60.2 Å². The van der Waals surface area contributed by atoms with Gasteiger partial charge in [0, 0.05) is 12.5 Å². The summed E-state index contributed by atoms with van der Waals surface area (Å²) in [5, 5.41) is 7.23. The molecule has 0 amide bonds. The first-order chi connectivity index (χ1) is 9.63. The third kappa shape index (κ3) is 3.36. The van der Waals surface area contributed by atoms with Gasteiger partial charge < -0.3 is 14.6 Å². The molecule has 5 nitrogen and oxygen atoms in total. The Morgan fingerprint density at radius 3 is 2.90 bits per heavy atom. The fourth-order valence-electron chi connectivity index (χ4n) is 1.93. The smallest absolute Gasteiger partial charge is 0.227 e. The lowest BCUT2D eigenvalue weighted by atomic mass is 10.1. The van der Waals surface area contributed by atoms with Crippen LogP contribution in [0, 0.1) is 6.92 Å². The standard InChI is InChI=1S/C15H21N3O2/c1-10-5-7-12(13(9-10)19-4)15-17-14(20-18-15)8-6-11(2)16-3/h5,7,9,11,16H,6,8H2,1-4H3. The molecule has 5 heteroatoms. The van der Waals surface area contributed by atoms with Crippen molar-refractivity contribution in [1.29, 1.82) is 0 Å². The quantitative estimate of drug-likeness (QED) is 0.878. The second-order valence-electron chi connectivity index (χ2n) is 4.94. The molecule has 1 heterocycles. The average molecular weight is 275 g/mol. The average Bonchev–Trinajstić information content (AvgIpc) is 2.93. The number of ether oxygens (including phenoxy) is 1. The fourth-order valence-corrected chi connectivity index (χ4v) is 1.93. The molecule has 0 bridgehead atoms. The van der Waals surface area contributed by atoms with Gasteiger partial charge in [-0.05, 0) is 45.0 Å². The minimum Gasteiger partial charge on any atom is -0.496 e. The van der Waals surface area contributed by atoms with Crippen molar-refractivity contribution in [2.24, 2.45) is 0 Å². The van der Waals surface area contributed by atoms with Gasteiger partial charge in [-0.3, -0.25) is 0 Å². The van der Waals surface area contributed by atoms with Crippen LogP contribution in [-0.4, -0.2) is 30.3 Å². The minimum absolute atomic E-state index is 0.430. The number of rotatable bonds is 6. The maximum absolute atomic E-state index is 5.37. The summed E-state index contributed by atoms with van der Waals surface area (Å²) < 4.78 is 10.7. The van der Waals surface area contributed by atoms with Gasteiger partial charge >= 0.3 is 0 Å². The van der Waals surface area contributed by atoms with E-state index in [0.717, 1.165) is 29.7 Å². The number of nitrogens with one attached hydrogen (secondary N) is 1. The van der Waals surface area contributed by atoms with Crippen molar-refractivity contribution in [3.63, 3.8) is 0 Å². The Morgan fingerprint density at radius 2 is 2.20 bits per heavy atom. The summed E-state index contributed by atoms with van der Waals surface area (Å²) in [6.45, 7) is 4.15. The second kappa shape index (κ2) is 6.52. The van der Waals surface area contributed by atoms with E-state index < -0.39 is 0 Å². The number of nitrogens with zero attached hydrogens (tertiary/aromatic N) is 2. The fraction of sp³-hybridized carbons (Fsp3) is 0.467. The van der Waals surface area contributed by atoms with Crippen LogP contribution in [0.5, 0.6) is 5.75 Å². The second-order valence-corrected chi connectivity index (χ2v) is 4.94. The van der Waals surface area contributed by atoms with Gasteiger partial charge in [0.2, 0.25) is 11.7 Å². The van der Waals surface area contributed by atoms with Crippen molar-refractivity contribution in [3.8, 4) is 17.1 Å². The lowest BCUT2D eigenvalue weighted by Gasteiger charge is -2.06. The summed E-state index contributed by atoms with van der Waals surface area (Å²) in [4.78, 5) is 4.44. The zero-order valence-electron chi connectivity index (χ0n) is 12.4. The van der Waals surface area contributed by atoms with Gasteiger partial charge in [0.15, 0.2) is 0 Å². The molecule has 0 saturated heterocycles. The van der Waals surface area contributed by atoms with E-state index in [-0.39, 0.29) is 0 Å². The molecule has 1 N–H and O–H groups in total. The molecule has 1 unspecified atom stereocenters. The van der Waals surface area contributed by atoms with Crippen molar-refractivity contribution in [2.75, 3.05) is 14.2 Å². The first kappa shape index (κ1) is 14.5. The van der Waals surface area contributed by atoms with Crippen LogP contribution < -0.4 is 10.1 Å². The van der Waals surface area contributed by atoms with Crippen LogP contribution in [0.1, 0.15) is 24.8 Å². The predicted molar refractivity (Wildman–Crippen MR) is 77.9 cm³/mol. The molecule has 0 aliphatic carbocycles. The van der Waals surface area contributed by atoms with Gasteiger partial charge in [0.05, 0.1) is 12.7 Å². The van der Waals surface area contributed by atoms with Crippen LogP contribution >= 0.6 is 0 Å². The maximum atomic E-state index is 5.37. The normalized spacial score (nSPS) is 12.4. The third-order valence-corrected chi connectivity index (χ3v) is 3.35. The molecule has 0 aliphatic heterocycles. The Kier molecular flexibility index (Phi) is 4.74. The SMILES string of the molecule is CNC(C)CCc1nc(-c2ccc(C)cc2OC)no1. The van der Waals surface area contributed by atoms with Crippen LogP contribution in [0.3, 0.4) is 0 Å².